The molecule has 0 saturated carbocycles. The predicted molar refractivity (Wildman–Crippen MR) is 109 cm³/mol. The normalized spacial score (nSPS) is 12.2. The minimum absolute atomic E-state index is 0.0367. The van der Waals surface area contributed by atoms with E-state index in [-0.39, 0.29) is 30.0 Å². The Morgan fingerprint density at radius 3 is 2.31 bits per heavy atom. The summed E-state index contributed by atoms with van der Waals surface area (Å²) in [6.07, 6.45) is -2.28. The Hall–Kier alpha value is -3.42. The lowest BCUT2D eigenvalue weighted by atomic mass is 10.1. The predicted octanol–water partition coefficient (Wildman–Crippen LogP) is 5.51. The van der Waals surface area contributed by atoms with Crippen LogP contribution in [0.4, 0.5) is 24.5 Å². The molecule has 0 bridgehead atoms. The lowest BCUT2D eigenvalue weighted by Gasteiger charge is -2.06. The van der Waals surface area contributed by atoms with Crippen LogP contribution in [0.25, 0.3) is 0 Å². The number of rotatable bonds is 8. The molecule has 29 heavy (non-hydrogen) atoms. The summed E-state index contributed by atoms with van der Waals surface area (Å²) in [6, 6.07) is 11.5. The number of aliphatic imine (C=N–C) groups is 2. The highest BCUT2D eigenvalue weighted by molar-refractivity contribution is 6.68. The highest BCUT2D eigenvalue weighted by Gasteiger charge is 2.29. The van der Waals surface area contributed by atoms with Gasteiger partial charge in [-0.15, -0.1) is 0 Å². The number of nitrogens with one attached hydrogen (secondary N) is 2. The smallest absolute Gasteiger partial charge is 0.313 e. The number of benzene rings is 2. The molecular formula is C21H19F3N4O. The van der Waals surface area contributed by atoms with E-state index in [4.69, 9.17) is 10.8 Å². The molecule has 0 aliphatic heterocycles. The fraction of sp³-hybridized carbons (Fsp3) is 0.190. The summed E-state index contributed by atoms with van der Waals surface area (Å²) in [6.45, 7) is 1.85. The fourth-order valence-corrected chi connectivity index (χ4v) is 2.37. The number of hydrogen-bond acceptors (Lipinski definition) is 5. The number of Topliss-reactive ketones (excluding diaryl/α,β-unsaturated/α-hetero) is 1. The van der Waals surface area contributed by atoms with Crippen molar-refractivity contribution in [3.05, 3.63) is 59.7 Å². The SMILES string of the molecule is Cc1ccccc1N=C(CC=N)C(=N)C(=O)CC=Nc1ccc(C(F)(F)F)cc1. The summed E-state index contributed by atoms with van der Waals surface area (Å²) in [7, 11) is 0. The van der Waals surface area contributed by atoms with Gasteiger partial charge in [-0.3, -0.25) is 20.2 Å². The van der Waals surface area contributed by atoms with Crippen LogP contribution in [0.5, 0.6) is 0 Å². The Balaban J connectivity index is 2.08. The van der Waals surface area contributed by atoms with Gasteiger partial charge in [-0.1, -0.05) is 18.2 Å². The van der Waals surface area contributed by atoms with Crippen molar-refractivity contribution in [2.24, 2.45) is 9.98 Å². The molecule has 0 radical (unpaired) electrons. The molecule has 5 nitrogen and oxygen atoms in total. The van der Waals surface area contributed by atoms with E-state index in [2.05, 4.69) is 9.98 Å². The molecule has 2 aromatic carbocycles. The van der Waals surface area contributed by atoms with Crippen LogP contribution >= 0.6 is 0 Å². The van der Waals surface area contributed by atoms with Crippen molar-refractivity contribution >= 4 is 41.0 Å². The molecule has 8 heteroatoms. The molecule has 0 unspecified atom stereocenters. The van der Waals surface area contributed by atoms with Gasteiger partial charge in [0.1, 0.15) is 5.71 Å². The van der Waals surface area contributed by atoms with Gasteiger partial charge in [0.25, 0.3) is 0 Å². The van der Waals surface area contributed by atoms with E-state index in [0.29, 0.717) is 5.69 Å². The van der Waals surface area contributed by atoms with Crippen LogP contribution in [0.15, 0.2) is 58.5 Å². The van der Waals surface area contributed by atoms with E-state index < -0.39 is 17.5 Å². The summed E-state index contributed by atoms with van der Waals surface area (Å²) in [5.74, 6) is -0.546. The van der Waals surface area contributed by atoms with Gasteiger partial charge in [-0.05, 0) is 42.8 Å². The van der Waals surface area contributed by atoms with Gasteiger partial charge in [0.15, 0.2) is 5.78 Å². The van der Waals surface area contributed by atoms with Gasteiger partial charge in [-0.2, -0.15) is 13.2 Å². The van der Waals surface area contributed by atoms with Crippen LogP contribution in [-0.4, -0.2) is 29.6 Å². The monoisotopic (exact) mass is 400 g/mol. The average molecular weight is 400 g/mol. The van der Waals surface area contributed by atoms with Crippen LogP contribution in [-0.2, 0) is 11.0 Å². The van der Waals surface area contributed by atoms with E-state index in [1.54, 1.807) is 12.1 Å². The first-order valence-electron chi connectivity index (χ1n) is 8.66. The molecule has 150 valence electrons. The summed E-state index contributed by atoms with van der Waals surface area (Å²) < 4.78 is 37.7. The second-order valence-corrected chi connectivity index (χ2v) is 6.11. The number of carbonyl (C=O) groups is 1. The summed E-state index contributed by atoms with van der Waals surface area (Å²) in [5.41, 5.74) is 0.820. The van der Waals surface area contributed by atoms with Crippen LogP contribution in [0.1, 0.15) is 24.0 Å². The number of halogens is 3. The quantitative estimate of drug-likeness (QED) is 0.562. The van der Waals surface area contributed by atoms with Gasteiger partial charge in [0, 0.05) is 25.3 Å². The Kier molecular flexibility index (Phi) is 7.30. The van der Waals surface area contributed by atoms with E-state index >= 15 is 0 Å². The highest BCUT2D eigenvalue weighted by Crippen LogP contribution is 2.30. The molecule has 0 aliphatic carbocycles. The molecule has 2 rings (SSSR count). The third-order valence-electron chi connectivity index (χ3n) is 3.95. The maximum Gasteiger partial charge on any atom is 0.416 e. The number of alkyl halides is 3. The van der Waals surface area contributed by atoms with Gasteiger partial charge >= 0.3 is 6.18 Å². The molecular weight excluding hydrogens is 381 g/mol. The second kappa shape index (κ2) is 9.68. The van der Waals surface area contributed by atoms with Crippen molar-refractivity contribution in [2.45, 2.75) is 25.9 Å². The lowest BCUT2D eigenvalue weighted by Crippen LogP contribution is -2.23. The largest absolute Gasteiger partial charge is 0.416 e. The van der Waals surface area contributed by atoms with Crippen molar-refractivity contribution in [1.82, 2.24) is 0 Å². The number of nitrogens with zero attached hydrogens (tertiary/aromatic N) is 2. The first-order valence-corrected chi connectivity index (χ1v) is 8.66. The van der Waals surface area contributed by atoms with Crippen molar-refractivity contribution in [1.29, 1.82) is 10.8 Å². The van der Waals surface area contributed by atoms with Crippen LogP contribution in [0.3, 0.4) is 0 Å². The Morgan fingerprint density at radius 1 is 1.07 bits per heavy atom. The topological polar surface area (TPSA) is 89.5 Å². The molecule has 0 aromatic heterocycles. The van der Waals surface area contributed by atoms with Gasteiger partial charge in [-0.25, -0.2) is 0 Å². The molecule has 2 N–H and O–H groups in total. The van der Waals surface area contributed by atoms with Gasteiger partial charge in [0.2, 0.25) is 0 Å². The van der Waals surface area contributed by atoms with Crippen molar-refractivity contribution < 1.29 is 18.0 Å². The molecule has 0 aliphatic rings. The summed E-state index contributed by atoms with van der Waals surface area (Å²) >= 11 is 0. The van der Waals surface area contributed by atoms with Gasteiger partial charge in [0.05, 0.1) is 22.6 Å². The average Bonchev–Trinajstić information content (AvgIpc) is 2.68. The molecule has 0 spiro atoms. The van der Waals surface area contributed by atoms with Crippen LogP contribution < -0.4 is 0 Å². The molecule has 0 amide bonds. The van der Waals surface area contributed by atoms with Crippen molar-refractivity contribution in [2.75, 3.05) is 0 Å². The number of para-hydroxylation sites is 1. The van der Waals surface area contributed by atoms with E-state index in [0.717, 1.165) is 23.9 Å². The van der Waals surface area contributed by atoms with Crippen molar-refractivity contribution in [3.8, 4) is 0 Å². The third-order valence-corrected chi connectivity index (χ3v) is 3.95. The fourth-order valence-electron chi connectivity index (χ4n) is 2.37. The minimum Gasteiger partial charge on any atom is -0.313 e. The number of carbonyl (C=O) groups excluding carboxylic acids is 1. The molecule has 0 saturated heterocycles. The van der Waals surface area contributed by atoms with Crippen LogP contribution in [0, 0.1) is 17.7 Å². The number of hydrogen-bond donors (Lipinski definition) is 2. The summed E-state index contributed by atoms with van der Waals surface area (Å²) in [4.78, 5) is 20.6. The standard InChI is InChI=1S/C21H19F3N4O/c1-14-4-2-3-5-17(14)28-18(10-12-25)20(26)19(29)11-13-27-16-8-6-15(7-9-16)21(22,23)24/h2-9,12-13,25-26H,10-11H2,1H3. The summed E-state index contributed by atoms with van der Waals surface area (Å²) in [5, 5.41) is 15.4. The zero-order chi connectivity index (χ0) is 21.4. The molecule has 0 fully saturated rings. The number of ketones is 1. The Morgan fingerprint density at radius 2 is 1.72 bits per heavy atom. The minimum atomic E-state index is -4.42. The third kappa shape index (κ3) is 6.31. The molecule has 0 heterocycles. The maximum absolute atomic E-state index is 12.6. The Bertz CT molecular complexity index is 961. The number of aryl methyl sites for hydroxylation is 1. The first-order chi connectivity index (χ1) is 13.7. The highest BCUT2D eigenvalue weighted by atomic mass is 19.4. The van der Waals surface area contributed by atoms with Gasteiger partial charge < -0.3 is 5.41 Å². The van der Waals surface area contributed by atoms with Crippen molar-refractivity contribution in [3.63, 3.8) is 0 Å². The molecule has 2 aromatic rings. The maximum atomic E-state index is 12.6. The van der Waals surface area contributed by atoms with E-state index in [1.807, 2.05) is 19.1 Å². The van der Waals surface area contributed by atoms with Crippen LogP contribution in [0.2, 0.25) is 0 Å². The van der Waals surface area contributed by atoms with E-state index in [9.17, 15) is 18.0 Å². The zero-order valence-corrected chi connectivity index (χ0v) is 15.6. The van der Waals surface area contributed by atoms with E-state index in [1.165, 1.54) is 18.3 Å². The first kappa shape index (κ1) is 21.9. The molecule has 0 atom stereocenters. The zero-order valence-electron chi connectivity index (χ0n) is 15.6. The Labute approximate surface area is 166 Å². The second-order valence-electron chi connectivity index (χ2n) is 6.11. The lowest BCUT2D eigenvalue weighted by molar-refractivity contribution is -0.137.